The van der Waals surface area contributed by atoms with Crippen LogP contribution in [0.25, 0.3) is 9.40 Å². The molecule has 2 heterocycles. The molecule has 0 unspecified atom stereocenters. The molecule has 2 aromatic heterocycles. The van der Waals surface area contributed by atoms with Crippen LogP contribution in [-0.4, -0.2) is 16.2 Å². The van der Waals surface area contributed by atoms with Crippen molar-refractivity contribution < 1.29 is 15.0 Å². The summed E-state index contributed by atoms with van der Waals surface area (Å²) < 4.78 is 1.66. The Morgan fingerprint density at radius 3 is 2.50 bits per heavy atom. The van der Waals surface area contributed by atoms with E-state index in [1.54, 1.807) is 12.1 Å². The van der Waals surface area contributed by atoms with Gasteiger partial charge in [0.25, 0.3) is 0 Å². The van der Waals surface area contributed by atoms with Gasteiger partial charge in [0, 0.05) is 15.5 Å². The fourth-order valence-electron chi connectivity index (χ4n) is 0.928. The van der Waals surface area contributed by atoms with E-state index in [9.17, 15) is 4.79 Å². The van der Waals surface area contributed by atoms with Gasteiger partial charge in [-0.1, -0.05) is 11.3 Å². The molecule has 0 aliphatic carbocycles. The van der Waals surface area contributed by atoms with Crippen molar-refractivity contribution in [2.24, 2.45) is 0 Å². The van der Waals surface area contributed by atoms with Gasteiger partial charge < -0.3 is 10.2 Å². The van der Waals surface area contributed by atoms with Gasteiger partial charge in [-0.15, -0.1) is 11.3 Å². The van der Waals surface area contributed by atoms with Gasteiger partial charge in [-0.3, -0.25) is 0 Å². The SMILES string of the molecule is O=C(O)c1cc2sc(O)cc2s1. The lowest BCUT2D eigenvalue weighted by atomic mass is 10.4. The fraction of sp³-hybridized carbons (Fsp3) is 0. The van der Waals surface area contributed by atoms with E-state index in [4.69, 9.17) is 10.2 Å². The van der Waals surface area contributed by atoms with Crippen molar-refractivity contribution >= 4 is 38.0 Å². The number of hydrogen-bond acceptors (Lipinski definition) is 4. The first-order valence-electron chi connectivity index (χ1n) is 3.12. The second-order valence-corrected chi connectivity index (χ2v) is 4.37. The van der Waals surface area contributed by atoms with Gasteiger partial charge >= 0.3 is 5.97 Å². The number of aromatic carboxylic acids is 1. The number of rotatable bonds is 1. The Morgan fingerprint density at radius 2 is 1.92 bits per heavy atom. The van der Waals surface area contributed by atoms with Crippen LogP contribution in [0.1, 0.15) is 9.67 Å². The first-order chi connectivity index (χ1) is 5.66. The van der Waals surface area contributed by atoms with Crippen LogP contribution in [0.15, 0.2) is 12.1 Å². The summed E-state index contributed by atoms with van der Waals surface area (Å²) in [6, 6.07) is 3.16. The zero-order valence-corrected chi connectivity index (χ0v) is 7.41. The second kappa shape index (κ2) is 2.46. The highest BCUT2D eigenvalue weighted by Gasteiger charge is 2.10. The van der Waals surface area contributed by atoms with Gasteiger partial charge in [0.15, 0.2) is 5.06 Å². The molecule has 0 saturated heterocycles. The zero-order chi connectivity index (χ0) is 8.72. The van der Waals surface area contributed by atoms with Crippen LogP contribution >= 0.6 is 22.7 Å². The standard InChI is InChI=1S/C7H4O3S2/c8-6-2-4-3(12-6)1-5(11-4)7(9)10/h1-2,8H,(H,9,10). The molecule has 62 valence electrons. The summed E-state index contributed by atoms with van der Waals surface area (Å²) in [6.45, 7) is 0. The van der Waals surface area contributed by atoms with E-state index in [-0.39, 0.29) is 5.06 Å². The summed E-state index contributed by atoms with van der Waals surface area (Å²) in [5, 5.41) is 17.9. The largest absolute Gasteiger partial charge is 0.499 e. The third-order valence-electron chi connectivity index (χ3n) is 1.40. The molecule has 2 N–H and O–H groups in total. The van der Waals surface area contributed by atoms with Crippen molar-refractivity contribution in [3.05, 3.63) is 17.0 Å². The highest BCUT2D eigenvalue weighted by molar-refractivity contribution is 7.29. The molecule has 0 aromatic carbocycles. The maximum atomic E-state index is 10.5. The molecule has 2 aromatic rings. The Hall–Kier alpha value is -1.07. The van der Waals surface area contributed by atoms with Crippen molar-refractivity contribution in [2.45, 2.75) is 0 Å². The van der Waals surface area contributed by atoms with Crippen molar-refractivity contribution in [3.8, 4) is 5.06 Å². The Labute approximate surface area is 75.5 Å². The third-order valence-corrected chi connectivity index (χ3v) is 3.49. The topological polar surface area (TPSA) is 57.5 Å². The molecule has 0 aliphatic rings. The van der Waals surface area contributed by atoms with Gasteiger partial charge in [-0.2, -0.15) is 0 Å². The van der Waals surface area contributed by atoms with Crippen LogP contribution in [0.3, 0.4) is 0 Å². The van der Waals surface area contributed by atoms with Crippen molar-refractivity contribution in [2.75, 3.05) is 0 Å². The van der Waals surface area contributed by atoms with Crippen LogP contribution in [0.5, 0.6) is 5.06 Å². The lowest BCUT2D eigenvalue weighted by Crippen LogP contribution is -1.89. The van der Waals surface area contributed by atoms with Crippen LogP contribution in [0, 0.1) is 0 Å². The van der Waals surface area contributed by atoms with Crippen molar-refractivity contribution in [1.29, 1.82) is 0 Å². The monoisotopic (exact) mass is 200 g/mol. The summed E-state index contributed by atoms with van der Waals surface area (Å²) in [5.41, 5.74) is 0. The lowest BCUT2D eigenvalue weighted by molar-refractivity contribution is 0.0702. The zero-order valence-electron chi connectivity index (χ0n) is 5.77. The Morgan fingerprint density at radius 1 is 1.25 bits per heavy atom. The maximum absolute atomic E-state index is 10.5. The normalized spacial score (nSPS) is 10.7. The van der Waals surface area contributed by atoms with Crippen LogP contribution in [0.4, 0.5) is 0 Å². The van der Waals surface area contributed by atoms with E-state index in [1.165, 1.54) is 22.7 Å². The fourth-order valence-corrected chi connectivity index (χ4v) is 2.90. The van der Waals surface area contributed by atoms with E-state index < -0.39 is 5.97 Å². The average Bonchev–Trinajstić information content (AvgIpc) is 2.42. The van der Waals surface area contributed by atoms with Gasteiger partial charge in [-0.25, -0.2) is 4.79 Å². The minimum Gasteiger partial charge on any atom is -0.499 e. The predicted molar refractivity (Wildman–Crippen MR) is 48.3 cm³/mol. The molecule has 12 heavy (non-hydrogen) atoms. The van der Waals surface area contributed by atoms with E-state index >= 15 is 0 Å². The van der Waals surface area contributed by atoms with E-state index in [0.717, 1.165) is 9.40 Å². The molecule has 0 fully saturated rings. The molecule has 0 bridgehead atoms. The number of thiophene rings is 2. The van der Waals surface area contributed by atoms with Crippen molar-refractivity contribution in [1.82, 2.24) is 0 Å². The van der Waals surface area contributed by atoms with Gasteiger partial charge in [0.05, 0.1) is 0 Å². The summed E-state index contributed by atoms with van der Waals surface area (Å²) in [4.78, 5) is 10.8. The van der Waals surface area contributed by atoms with E-state index in [2.05, 4.69) is 0 Å². The first kappa shape index (κ1) is 7.57. The molecule has 0 aliphatic heterocycles. The van der Waals surface area contributed by atoms with Gasteiger partial charge in [-0.05, 0) is 6.07 Å². The predicted octanol–water partition coefficient (Wildman–Crippen LogP) is 2.37. The Bertz CT molecular complexity index is 409. The van der Waals surface area contributed by atoms with E-state index in [0.29, 0.717) is 4.88 Å². The quantitative estimate of drug-likeness (QED) is 0.743. The summed E-state index contributed by atoms with van der Waals surface area (Å²) in [6.07, 6.45) is 0. The van der Waals surface area contributed by atoms with Crippen LogP contribution < -0.4 is 0 Å². The first-order valence-corrected chi connectivity index (χ1v) is 4.76. The molecular weight excluding hydrogens is 196 g/mol. The molecule has 2 rings (SSSR count). The van der Waals surface area contributed by atoms with Crippen LogP contribution in [-0.2, 0) is 0 Å². The molecule has 0 saturated carbocycles. The summed E-state index contributed by atoms with van der Waals surface area (Å²) in [7, 11) is 0. The highest BCUT2D eigenvalue weighted by Crippen LogP contribution is 2.36. The smallest absolute Gasteiger partial charge is 0.345 e. The maximum Gasteiger partial charge on any atom is 0.345 e. The molecule has 0 spiro atoms. The molecule has 3 nitrogen and oxygen atoms in total. The van der Waals surface area contributed by atoms with Gasteiger partial charge in [0.2, 0.25) is 0 Å². The summed E-state index contributed by atoms with van der Waals surface area (Å²) >= 11 is 2.37. The minimum absolute atomic E-state index is 0.230. The second-order valence-electron chi connectivity index (χ2n) is 2.23. The number of carboxylic acid groups (broad SMARTS) is 1. The van der Waals surface area contributed by atoms with Crippen molar-refractivity contribution in [3.63, 3.8) is 0 Å². The van der Waals surface area contributed by atoms with E-state index in [1.807, 2.05) is 0 Å². The molecular formula is C7H4O3S2. The Balaban J connectivity index is 2.64. The number of fused-ring (bicyclic) bond motifs is 1. The Kier molecular flexibility index (Phi) is 1.55. The molecule has 0 amide bonds. The third kappa shape index (κ3) is 1.07. The molecule has 0 atom stereocenters. The number of aromatic hydroxyl groups is 1. The van der Waals surface area contributed by atoms with Crippen LogP contribution in [0.2, 0.25) is 0 Å². The van der Waals surface area contributed by atoms with Gasteiger partial charge in [0.1, 0.15) is 4.88 Å². The number of hydrogen-bond donors (Lipinski definition) is 2. The average molecular weight is 200 g/mol. The minimum atomic E-state index is -0.914. The molecule has 5 heteroatoms. The highest BCUT2D eigenvalue weighted by atomic mass is 32.1. The molecule has 0 radical (unpaired) electrons. The number of carbonyl (C=O) groups is 1. The number of carboxylic acids is 1. The lowest BCUT2D eigenvalue weighted by Gasteiger charge is -1.81. The summed E-state index contributed by atoms with van der Waals surface area (Å²) in [5.74, 6) is -0.914.